The average molecular weight is 309 g/mol. The highest BCUT2D eigenvalue weighted by Crippen LogP contribution is 2.16. The lowest BCUT2D eigenvalue weighted by molar-refractivity contribution is 0.262. The average Bonchev–Trinajstić information content (AvgIpc) is 2.28. The fourth-order valence-electron chi connectivity index (χ4n) is 1.43. The van der Waals surface area contributed by atoms with Crippen LogP contribution >= 0.6 is 15.9 Å². The molecule has 92 valence electrons. The van der Waals surface area contributed by atoms with Gasteiger partial charge in [-0.1, -0.05) is 28.1 Å². The number of carbonyl (C=O) groups excluding carboxylic acids is 1. The quantitative estimate of drug-likeness (QED) is 0.856. The molecule has 0 saturated heterocycles. The Morgan fingerprint density at radius 2 is 1.61 bits per heavy atom. The van der Waals surface area contributed by atoms with Gasteiger partial charge in [-0.3, -0.25) is 0 Å². The maximum absolute atomic E-state index is 12.9. The third kappa shape index (κ3) is 3.56. The predicted octanol–water partition coefficient (Wildman–Crippen LogP) is 4.23. The lowest BCUT2D eigenvalue weighted by Gasteiger charge is -2.07. The fraction of sp³-hybridized carbons (Fsp3) is 0. The van der Waals surface area contributed by atoms with Crippen molar-refractivity contribution in [1.29, 1.82) is 0 Å². The smallest absolute Gasteiger partial charge is 0.308 e. The molecule has 0 radical (unpaired) electrons. The highest BCUT2D eigenvalue weighted by atomic mass is 79.9. The third-order valence-corrected chi connectivity index (χ3v) is 2.66. The number of rotatable bonds is 2. The lowest BCUT2D eigenvalue weighted by Crippen LogP contribution is -2.19. The number of nitrogens with one attached hydrogen (secondary N) is 2. The van der Waals surface area contributed by atoms with E-state index in [0.29, 0.717) is 11.4 Å². The van der Waals surface area contributed by atoms with Crippen LogP contribution in [0.4, 0.5) is 20.6 Å². The Morgan fingerprint density at radius 3 is 2.22 bits per heavy atom. The summed E-state index contributed by atoms with van der Waals surface area (Å²) < 4.78 is 13.8. The lowest BCUT2D eigenvalue weighted by atomic mass is 10.3. The number of amides is 2. The first-order chi connectivity index (χ1) is 8.63. The van der Waals surface area contributed by atoms with Crippen molar-refractivity contribution in [3.8, 4) is 0 Å². The molecule has 5 heteroatoms. The summed E-state index contributed by atoms with van der Waals surface area (Å²) in [4.78, 5) is 11.6. The molecule has 0 aliphatic rings. The first-order valence-corrected chi connectivity index (χ1v) is 6.02. The van der Waals surface area contributed by atoms with Crippen molar-refractivity contribution in [1.82, 2.24) is 0 Å². The Balaban J connectivity index is 2.01. The Morgan fingerprint density at radius 1 is 1.00 bits per heavy atom. The van der Waals surface area contributed by atoms with E-state index >= 15 is 0 Å². The van der Waals surface area contributed by atoms with Crippen LogP contribution in [0, 0.1) is 5.82 Å². The molecule has 2 aromatic carbocycles. The Hall–Kier alpha value is -1.88. The monoisotopic (exact) mass is 308 g/mol. The maximum Gasteiger partial charge on any atom is 0.323 e. The Bertz CT molecular complexity index is 525. The molecule has 0 unspecified atom stereocenters. The number of carbonyl (C=O) groups is 1. The predicted molar refractivity (Wildman–Crippen MR) is 73.2 cm³/mol. The first kappa shape index (κ1) is 12.6. The van der Waals surface area contributed by atoms with Gasteiger partial charge in [0, 0.05) is 15.8 Å². The summed E-state index contributed by atoms with van der Waals surface area (Å²) in [6.45, 7) is 0. The van der Waals surface area contributed by atoms with Crippen LogP contribution in [0.1, 0.15) is 0 Å². The molecule has 3 nitrogen and oxygen atoms in total. The zero-order chi connectivity index (χ0) is 13.0. The van der Waals surface area contributed by atoms with Gasteiger partial charge in [0.25, 0.3) is 0 Å². The summed E-state index contributed by atoms with van der Waals surface area (Å²) in [5, 5.41) is 5.19. The van der Waals surface area contributed by atoms with Crippen molar-refractivity contribution >= 4 is 33.3 Å². The maximum atomic E-state index is 12.9. The summed E-state index contributed by atoms with van der Waals surface area (Å²) in [6.07, 6.45) is 0. The molecule has 0 atom stereocenters. The van der Waals surface area contributed by atoms with Crippen LogP contribution in [0.25, 0.3) is 0 Å². The number of hydrogen-bond acceptors (Lipinski definition) is 1. The molecule has 2 N–H and O–H groups in total. The van der Waals surface area contributed by atoms with Crippen molar-refractivity contribution in [2.45, 2.75) is 0 Å². The van der Waals surface area contributed by atoms with E-state index in [0.717, 1.165) is 4.47 Å². The minimum absolute atomic E-state index is 0.393. The molecule has 2 aromatic rings. The zero-order valence-electron chi connectivity index (χ0n) is 9.28. The third-order valence-electron chi connectivity index (χ3n) is 2.16. The van der Waals surface area contributed by atoms with Gasteiger partial charge in [0.1, 0.15) is 5.82 Å². The van der Waals surface area contributed by atoms with Gasteiger partial charge in [-0.15, -0.1) is 0 Å². The number of urea groups is 1. The normalized spacial score (nSPS) is 9.89. The van der Waals surface area contributed by atoms with Crippen LogP contribution in [-0.4, -0.2) is 6.03 Å². The van der Waals surface area contributed by atoms with Crippen LogP contribution in [0.15, 0.2) is 53.0 Å². The van der Waals surface area contributed by atoms with Gasteiger partial charge in [0.05, 0.1) is 0 Å². The fourth-order valence-corrected chi connectivity index (χ4v) is 1.83. The largest absolute Gasteiger partial charge is 0.323 e. The van der Waals surface area contributed by atoms with Crippen molar-refractivity contribution in [2.24, 2.45) is 0 Å². The molecule has 0 spiro atoms. The van der Waals surface area contributed by atoms with Gasteiger partial charge < -0.3 is 10.6 Å². The molecule has 0 aliphatic carbocycles. The first-order valence-electron chi connectivity index (χ1n) is 5.22. The van der Waals surface area contributed by atoms with Gasteiger partial charge in [0.15, 0.2) is 0 Å². The van der Waals surface area contributed by atoms with Gasteiger partial charge in [-0.05, 0) is 36.4 Å². The molecule has 2 amide bonds. The molecule has 0 fully saturated rings. The van der Waals surface area contributed by atoms with Crippen molar-refractivity contribution in [3.05, 3.63) is 58.8 Å². The summed E-state index contributed by atoms with van der Waals surface area (Å²) in [5.74, 6) is -0.393. The van der Waals surface area contributed by atoms with Crippen molar-refractivity contribution < 1.29 is 9.18 Å². The van der Waals surface area contributed by atoms with E-state index in [1.807, 2.05) is 12.1 Å². The molecular formula is C13H10BrFN2O. The number of anilines is 2. The van der Waals surface area contributed by atoms with E-state index in [-0.39, 0.29) is 0 Å². The molecule has 0 bridgehead atoms. The standard InChI is InChI=1S/C13H10BrFN2O/c14-9-3-1-5-11(7-9)16-13(18)17-12-6-2-4-10(15)8-12/h1-8H,(H2,16,17,18). The molecule has 0 saturated carbocycles. The summed E-state index contributed by atoms with van der Waals surface area (Å²) in [7, 11) is 0. The minimum Gasteiger partial charge on any atom is -0.308 e. The van der Waals surface area contributed by atoms with Crippen molar-refractivity contribution in [3.63, 3.8) is 0 Å². The summed E-state index contributed by atoms with van der Waals surface area (Å²) in [6, 6.07) is 12.5. The van der Waals surface area contributed by atoms with Crippen LogP contribution in [-0.2, 0) is 0 Å². The second-order valence-electron chi connectivity index (χ2n) is 3.60. The highest BCUT2D eigenvalue weighted by molar-refractivity contribution is 9.10. The summed E-state index contributed by atoms with van der Waals surface area (Å²) in [5.41, 5.74) is 1.06. The Kier molecular flexibility index (Phi) is 3.94. The van der Waals surface area contributed by atoms with Gasteiger partial charge in [-0.2, -0.15) is 0 Å². The van der Waals surface area contributed by atoms with Crippen LogP contribution < -0.4 is 10.6 Å². The highest BCUT2D eigenvalue weighted by Gasteiger charge is 2.03. The minimum atomic E-state index is -0.418. The van der Waals surface area contributed by atoms with E-state index in [1.165, 1.54) is 18.2 Å². The number of benzene rings is 2. The number of hydrogen-bond donors (Lipinski definition) is 2. The van der Waals surface area contributed by atoms with Gasteiger partial charge in [-0.25, -0.2) is 9.18 Å². The molecule has 18 heavy (non-hydrogen) atoms. The van der Waals surface area contributed by atoms with E-state index in [2.05, 4.69) is 26.6 Å². The van der Waals surface area contributed by atoms with Crippen LogP contribution in [0.3, 0.4) is 0 Å². The molecule has 0 aliphatic heterocycles. The SMILES string of the molecule is O=C(Nc1cccc(F)c1)Nc1cccc(Br)c1. The zero-order valence-corrected chi connectivity index (χ0v) is 10.9. The van der Waals surface area contributed by atoms with Crippen LogP contribution in [0.2, 0.25) is 0 Å². The van der Waals surface area contributed by atoms with Gasteiger partial charge >= 0.3 is 6.03 Å². The van der Waals surface area contributed by atoms with E-state index in [9.17, 15) is 9.18 Å². The van der Waals surface area contributed by atoms with E-state index < -0.39 is 11.8 Å². The molecule has 0 heterocycles. The molecule has 2 rings (SSSR count). The van der Waals surface area contributed by atoms with E-state index in [1.54, 1.807) is 18.2 Å². The second kappa shape index (κ2) is 5.64. The second-order valence-corrected chi connectivity index (χ2v) is 4.52. The van der Waals surface area contributed by atoms with Crippen LogP contribution in [0.5, 0.6) is 0 Å². The summed E-state index contributed by atoms with van der Waals surface area (Å²) >= 11 is 3.31. The number of halogens is 2. The van der Waals surface area contributed by atoms with Gasteiger partial charge in [0.2, 0.25) is 0 Å². The molecule has 0 aromatic heterocycles. The Labute approximate surface area is 112 Å². The van der Waals surface area contributed by atoms with E-state index in [4.69, 9.17) is 0 Å². The topological polar surface area (TPSA) is 41.1 Å². The molecular weight excluding hydrogens is 299 g/mol. The van der Waals surface area contributed by atoms with Crippen molar-refractivity contribution in [2.75, 3.05) is 10.6 Å².